The zero-order valence-corrected chi connectivity index (χ0v) is 10.5. The maximum Gasteiger partial charge on any atom is 0.310 e. The highest BCUT2D eigenvalue weighted by molar-refractivity contribution is 5.58. The quantitative estimate of drug-likeness (QED) is 0.617. The molecule has 0 saturated heterocycles. The molecule has 2 aromatic rings. The SMILES string of the molecule is Cc1nn(-c2ccc([N+](=O)[O-])cc2[N+](=O)[O-])cc1[N+](=O)[O-]. The summed E-state index contributed by atoms with van der Waals surface area (Å²) >= 11 is 0. The van der Waals surface area contributed by atoms with Gasteiger partial charge in [-0.15, -0.1) is 0 Å². The molecule has 0 aliphatic rings. The number of hydrogen-bond donors (Lipinski definition) is 0. The Bertz CT molecular complexity index is 767. The number of benzene rings is 1. The zero-order chi connectivity index (χ0) is 15.7. The van der Waals surface area contributed by atoms with Gasteiger partial charge in [0, 0.05) is 6.07 Å². The van der Waals surface area contributed by atoms with Crippen molar-refractivity contribution in [3.05, 3.63) is 60.4 Å². The molecule has 1 aromatic heterocycles. The van der Waals surface area contributed by atoms with Crippen molar-refractivity contribution in [3.63, 3.8) is 0 Å². The Balaban J connectivity index is 2.63. The van der Waals surface area contributed by atoms with Gasteiger partial charge in [0.1, 0.15) is 17.6 Å². The summed E-state index contributed by atoms with van der Waals surface area (Å²) in [5.74, 6) is 0. The second-order valence-corrected chi connectivity index (χ2v) is 3.99. The van der Waals surface area contributed by atoms with E-state index >= 15 is 0 Å². The van der Waals surface area contributed by atoms with E-state index in [0.29, 0.717) is 0 Å². The molecule has 0 aliphatic carbocycles. The number of non-ortho nitro benzene ring substituents is 1. The highest BCUT2D eigenvalue weighted by Gasteiger charge is 2.24. The Morgan fingerprint density at radius 1 is 1.00 bits per heavy atom. The minimum absolute atomic E-state index is 0.0765. The maximum absolute atomic E-state index is 11.0. The van der Waals surface area contributed by atoms with Crippen LogP contribution in [0.25, 0.3) is 5.69 Å². The van der Waals surface area contributed by atoms with Crippen LogP contribution < -0.4 is 0 Å². The lowest BCUT2D eigenvalue weighted by molar-refractivity contribution is -0.394. The summed E-state index contributed by atoms with van der Waals surface area (Å²) in [5, 5.41) is 36.2. The first-order chi connectivity index (χ1) is 9.81. The van der Waals surface area contributed by atoms with Gasteiger partial charge in [0.2, 0.25) is 0 Å². The molecule has 11 nitrogen and oxygen atoms in total. The van der Waals surface area contributed by atoms with Crippen LogP contribution in [0.2, 0.25) is 0 Å². The summed E-state index contributed by atoms with van der Waals surface area (Å²) in [7, 11) is 0. The largest absolute Gasteiger partial charge is 0.310 e. The summed E-state index contributed by atoms with van der Waals surface area (Å²) in [5.41, 5.74) is -1.34. The van der Waals surface area contributed by atoms with Gasteiger partial charge in [-0.05, 0) is 13.0 Å². The van der Waals surface area contributed by atoms with Gasteiger partial charge in [-0.2, -0.15) is 5.10 Å². The Hall–Kier alpha value is -3.37. The van der Waals surface area contributed by atoms with Gasteiger partial charge in [0.25, 0.3) is 5.69 Å². The molecule has 1 aromatic carbocycles. The average molecular weight is 293 g/mol. The van der Waals surface area contributed by atoms with Crippen LogP contribution in [-0.4, -0.2) is 24.6 Å². The third-order valence-electron chi connectivity index (χ3n) is 2.68. The van der Waals surface area contributed by atoms with E-state index in [2.05, 4.69) is 5.10 Å². The van der Waals surface area contributed by atoms with Crippen LogP contribution in [-0.2, 0) is 0 Å². The smallest absolute Gasteiger partial charge is 0.258 e. The van der Waals surface area contributed by atoms with Crippen LogP contribution in [0.5, 0.6) is 0 Å². The minimum atomic E-state index is -0.814. The predicted octanol–water partition coefficient (Wildman–Crippen LogP) is 1.91. The average Bonchev–Trinajstić information content (AvgIpc) is 2.80. The van der Waals surface area contributed by atoms with Crippen molar-refractivity contribution in [3.8, 4) is 5.69 Å². The number of aromatic nitrogens is 2. The maximum atomic E-state index is 11.0. The molecule has 0 unspecified atom stereocenters. The highest BCUT2D eigenvalue weighted by Crippen LogP contribution is 2.29. The lowest BCUT2D eigenvalue weighted by Gasteiger charge is -2.02. The van der Waals surface area contributed by atoms with E-state index in [1.54, 1.807) is 0 Å². The molecule has 0 aliphatic heterocycles. The first kappa shape index (κ1) is 14.0. The molecule has 108 valence electrons. The van der Waals surface area contributed by atoms with Gasteiger partial charge in [-0.1, -0.05) is 0 Å². The van der Waals surface area contributed by atoms with Gasteiger partial charge in [0.15, 0.2) is 0 Å². The van der Waals surface area contributed by atoms with Crippen LogP contribution in [0.4, 0.5) is 17.1 Å². The summed E-state index contributed by atoms with van der Waals surface area (Å²) in [6.45, 7) is 1.38. The van der Waals surface area contributed by atoms with Gasteiger partial charge < -0.3 is 0 Å². The first-order valence-corrected chi connectivity index (χ1v) is 5.45. The number of rotatable bonds is 4. The molecule has 2 rings (SSSR count). The first-order valence-electron chi connectivity index (χ1n) is 5.45. The number of hydrogen-bond acceptors (Lipinski definition) is 7. The van der Waals surface area contributed by atoms with Crippen molar-refractivity contribution in [1.82, 2.24) is 9.78 Å². The monoisotopic (exact) mass is 293 g/mol. The molecule has 0 spiro atoms. The Kier molecular flexibility index (Phi) is 3.32. The van der Waals surface area contributed by atoms with Crippen molar-refractivity contribution < 1.29 is 14.8 Å². The van der Waals surface area contributed by atoms with Crippen LogP contribution in [0.1, 0.15) is 5.69 Å². The predicted molar refractivity (Wildman–Crippen MR) is 68.3 cm³/mol. The second-order valence-electron chi connectivity index (χ2n) is 3.99. The second kappa shape index (κ2) is 4.96. The van der Waals surface area contributed by atoms with E-state index < -0.39 is 26.1 Å². The minimum Gasteiger partial charge on any atom is -0.258 e. The molecule has 0 N–H and O–H groups in total. The highest BCUT2D eigenvalue weighted by atomic mass is 16.6. The van der Waals surface area contributed by atoms with Crippen molar-refractivity contribution in [2.45, 2.75) is 6.92 Å². The normalized spacial score (nSPS) is 10.3. The van der Waals surface area contributed by atoms with E-state index in [9.17, 15) is 30.3 Å². The van der Waals surface area contributed by atoms with Crippen molar-refractivity contribution in [1.29, 1.82) is 0 Å². The topological polar surface area (TPSA) is 147 Å². The van der Waals surface area contributed by atoms with Crippen molar-refractivity contribution in [2.24, 2.45) is 0 Å². The van der Waals surface area contributed by atoms with Crippen molar-refractivity contribution in [2.75, 3.05) is 0 Å². The van der Waals surface area contributed by atoms with Crippen molar-refractivity contribution >= 4 is 17.1 Å². The molecule has 0 fully saturated rings. The Labute approximate surface area is 115 Å². The molecule has 21 heavy (non-hydrogen) atoms. The van der Waals surface area contributed by atoms with E-state index in [0.717, 1.165) is 29.1 Å². The number of nitrogens with zero attached hydrogens (tertiary/aromatic N) is 5. The summed E-state index contributed by atoms with van der Waals surface area (Å²) in [6.07, 6.45) is 1.02. The fourth-order valence-electron chi connectivity index (χ4n) is 1.72. The number of aryl methyl sites for hydroxylation is 1. The van der Waals surface area contributed by atoms with E-state index in [1.165, 1.54) is 6.92 Å². The third-order valence-corrected chi connectivity index (χ3v) is 2.68. The standard InChI is InChI=1S/C10H7N5O6/c1-6-10(15(20)21)5-12(11-6)8-3-2-7(13(16)17)4-9(8)14(18)19/h2-5H,1H3. The molecule has 1 heterocycles. The molecule has 0 radical (unpaired) electrons. The fraction of sp³-hybridized carbons (Fsp3) is 0.100. The van der Waals surface area contributed by atoms with Gasteiger partial charge >= 0.3 is 11.4 Å². The van der Waals surface area contributed by atoms with Crippen LogP contribution in [0.15, 0.2) is 24.4 Å². The number of nitro benzene ring substituents is 2. The third kappa shape index (κ3) is 2.51. The molecule has 0 atom stereocenters. The Morgan fingerprint density at radius 3 is 2.10 bits per heavy atom. The summed E-state index contributed by atoms with van der Waals surface area (Å²) < 4.78 is 0.954. The van der Waals surface area contributed by atoms with Gasteiger partial charge in [0.05, 0.1) is 20.8 Å². The zero-order valence-electron chi connectivity index (χ0n) is 10.5. The molecule has 11 heteroatoms. The molecule has 0 saturated carbocycles. The van der Waals surface area contributed by atoms with Crippen LogP contribution in [0.3, 0.4) is 0 Å². The molecular weight excluding hydrogens is 286 g/mol. The Morgan fingerprint density at radius 2 is 1.62 bits per heavy atom. The fourth-order valence-corrected chi connectivity index (χ4v) is 1.72. The number of nitro groups is 3. The lowest BCUT2D eigenvalue weighted by atomic mass is 10.2. The molecule has 0 bridgehead atoms. The molecule has 0 amide bonds. The van der Waals surface area contributed by atoms with E-state index in [4.69, 9.17) is 0 Å². The van der Waals surface area contributed by atoms with E-state index in [1.807, 2.05) is 0 Å². The van der Waals surface area contributed by atoms with E-state index in [-0.39, 0.29) is 17.1 Å². The van der Waals surface area contributed by atoms with Gasteiger partial charge in [-0.25, -0.2) is 4.68 Å². The summed E-state index contributed by atoms with van der Waals surface area (Å²) in [4.78, 5) is 30.1. The lowest BCUT2D eigenvalue weighted by Crippen LogP contribution is -2.02. The van der Waals surface area contributed by atoms with Crippen LogP contribution >= 0.6 is 0 Å². The van der Waals surface area contributed by atoms with Crippen LogP contribution in [0, 0.1) is 37.3 Å². The van der Waals surface area contributed by atoms with Gasteiger partial charge in [-0.3, -0.25) is 30.3 Å². The summed E-state index contributed by atoms with van der Waals surface area (Å²) in [6, 6.07) is 2.95. The molecular formula is C10H7N5O6.